The van der Waals surface area contributed by atoms with E-state index < -0.39 is 6.10 Å². The Kier molecular flexibility index (Phi) is 62.7. The first kappa shape index (κ1) is 73.8. The highest BCUT2D eigenvalue weighted by molar-refractivity contribution is 5.71. The summed E-state index contributed by atoms with van der Waals surface area (Å²) in [6.45, 7) is 6.53. The van der Waals surface area contributed by atoms with Gasteiger partial charge >= 0.3 is 17.9 Å². The van der Waals surface area contributed by atoms with Crippen LogP contribution in [-0.2, 0) is 28.6 Å². The Morgan fingerprint density at radius 2 is 0.506 bits per heavy atom. The van der Waals surface area contributed by atoms with Crippen molar-refractivity contribution in [2.45, 2.75) is 348 Å². The van der Waals surface area contributed by atoms with Crippen molar-refractivity contribution in [2.24, 2.45) is 0 Å². The first-order chi connectivity index (χ1) is 38.0. The molecule has 6 nitrogen and oxygen atoms in total. The summed E-state index contributed by atoms with van der Waals surface area (Å²) < 4.78 is 16.9. The molecule has 0 amide bonds. The third-order valence-electron chi connectivity index (χ3n) is 14.7. The molecule has 6 heteroatoms. The zero-order chi connectivity index (χ0) is 55.7. The zero-order valence-corrected chi connectivity index (χ0v) is 51.2. The molecule has 0 aliphatic carbocycles. The molecular weight excluding hydrogens is 949 g/mol. The van der Waals surface area contributed by atoms with Crippen molar-refractivity contribution in [3.8, 4) is 0 Å². The molecule has 0 N–H and O–H groups in total. The predicted molar refractivity (Wildman–Crippen MR) is 335 cm³/mol. The molecule has 0 saturated heterocycles. The van der Waals surface area contributed by atoms with E-state index >= 15 is 0 Å². The minimum Gasteiger partial charge on any atom is -0.462 e. The lowest BCUT2D eigenvalue weighted by molar-refractivity contribution is -0.167. The Hall–Kier alpha value is -3.15. The quantitative estimate of drug-likeness (QED) is 0.0261. The lowest BCUT2D eigenvalue weighted by Crippen LogP contribution is -2.30. The third kappa shape index (κ3) is 63.6. The van der Waals surface area contributed by atoms with Crippen LogP contribution in [0.15, 0.2) is 72.9 Å². The summed E-state index contributed by atoms with van der Waals surface area (Å²) in [7, 11) is 0. The second-order valence-corrected chi connectivity index (χ2v) is 22.3. The maximum Gasteiger partial charge on any atom is 0.306 e. The average molecular weight is 1080 g/mol. The lowest BCUT2D eigenvalue weighted by atomic mass is 10.0. The third-order valence-corrected chi connectivity index (χ3v) is 14.7. The minimum absolute atomic E-state index is 0.0809. The summed E-state index contributed by atoms with van der Waals surface area (Å²) in [5.41, 5.74) is 0. The van der Waals surface area contributed by atoms with E-state index in [1.807, 2.05) is 0 Å². The van der Waals surface area contributed by atoms with Gasteiger partial charge in [0.05, 0.1) is 0 Å². The molecule has 77 heavy (non-hydrogen) atoms. The maximum atomic E-state index is 12.9. The standard InChI is InChI=1S/C71H126O6/c1-4-7-10-13-16-19-22-25-28-30-32-33-34-35-36-37-39-40-43-46-49-52-55-58-61-64-70(73)76-67-68(66-75-69(72)63-60-57-54-51-48-45-42-27-24-21-18-15-12-9-6-3)77-71(74)65-62-59-56-53-50-47-44-41-38-31-29-26-23-20-17-14-11-8-5-2/h9,12,17-18,20-21,26-27,29-30,32,42,68H,4-8,10-11,13-16,19,22-25,28,31,33-41,43-67H2,1-3H3/b12-9-,20-17-,21-18-,29-26-,32-30-,42-27-. The van der Waals surface area contributed by atoms with E-state index in [0.717, 1.165) is 103 Å². The molecule has 1 atom stereocenters. The van der Waals surface area contributed by atoms with Gasteiger partial charge < -0.3 is 14.2 Å². The van der Waals surface area contributed by atoms with Crippen LogP contribution in [0.4, 0.5) is 0 Å². The molecule has 0 aliphatic rings. The van der Waals surface area contributed by atoms with Crippen LogP contribution in [0.3, 0.4) is 0 Å². The van der Waals surface area contributed by atoms with E-state index in [2.05, 4.69) is 93.7 Å². The Balaban J connectivity index is 4.31. The molecule has 0 rings (SSSR count). The normalized spacial score (nSPS) is 12.5. The molecule has 0 aliphatic heterocycles. The van der Waals surface area contributed by atoms with Crippen molar-refractivity contribution in [1.82, 2.24) is 0 Å². The molecule has 0 spiro atoms. The fraction of sp³-hybridized carbons (Fsp3) is 0.789. The van der Waals surface area contributed by atoms with Crippen LogP contribution in [0.5, 0.6) is 0 Å². The summed E-state index contributed by atoms with van der Waals surface area (Å²) in [4.78, 5) is 38.4. The van der Waals surface area contributed by atoms with Crippen LogP contribution in [0.2, 0.25) is 0 Å². The van der Waals surface area contributed by atoms with Crippen molar-refractivity contribution in [2.75, 3.05) is 13.2 Å². The number of hydrogen-bond donors (Lipinski definition) is 0. The molecule has 0 heterocycles. The van der Waals surface area contributed by atoms with Crippen LogP contribution in [0.1, 0.15) is 342 Å². The second kappa shape index (κ2) is 65.4. The average Bonchev–Trinajstić information content (AvgIpc) is 3.43. The summed E-state index contributed by atoms with van der Waals surface area (Å²) >= 11 is 0. The van der Waals surface area contributed by atoms with E-state index in [0.29, 0.717) is 19.3 Å². The van der Waals surface area contributed by atoms with Crippen molar-refractivity contribution in [1.29, 1.82) is 0 Å². The van der Waals surface area contributed by atoms with Gasteiger partial charge in [-0.2, -0.15) is 0 Å². The number of allylic oxidation sites excluding steroid dienone is 12. The molecule has 0 fully saturated rings. The molecule has 0 aromatic rings. The number of hydrogen-bond acceptors (Lipinski definition) is 6. The number of esters is 3. The summed E-state index contributed by atoms with van der Waals surface area (Å²) in [6.07, 6.45) is 84.9. The summed E-state index contributed by atoms with van der Waals surface area (Å²) in [6, 6.07) is 0. The summed E-state index contributed by atoms with van der Waals surface area (Å²) in [5, 5.41) is 0. The van der Waals surface area contributed by atoms with E-state index in [1.54, 1.807) is 0 Å². The smallest absolute Gasteiger partial charge is 0.306 e. The molecule has 1 unspecified atom stereocenters. The topological polar surface area (TPSA) is 78.9 Å². The Morgan fingerprint density at radius 1 is 0.273 bits per heavy atom. The summed E-state index contributed by atoms with van der Waals surface area (Å²) in [5.74, 6) is -0.886. The Morgan fingerprint density at radius 3 is 0.831 bits per heavy atom. The van der Waals surface area contributed by atoms with Crippen LogP contribution in [0, 0.1) is 0 Å². The number of unbranched alkanes of at least 4 members (excludes halogenated alkanes) is 38. The van der Waals surface area contributed by atoms with Gasteiger partial charge in [0.25, 0.3) is 0 Å². The van der Waals surface area contributed by atoms with E-state index in [9.17, 15) is 14.4 Å². The highest BCUT2D eigenvalue weighted by Gasteiger charge is 2.19. The largest absolute Gasteiger partial charge is 0.462 e. The SMILES string of the molecule is CC/C=C\C/C=C\C/C=C\CCCCCCCC(=O)OCC(COC(=O)CCCCCCCCCCCCCCC/C=C\CCCCCCCCCC)OC(=O)CCCCCCCCCCC/C=C\C/C=C\CCCCC. The van der Waals surface area contributed by atoms with Crippen molar-refractivity contribution in [3.05, 3.63) is 72.9 Å². The molecular formula is C71H126O6. The number of carbonyl (C=O) groups excluding carboxylic acids is 3. The van der Waals surface area contributed by atoms with Crippen LogP contribution in [0.25, 0.3) is 0 Å². The van der Waals surface area contributed by atoms with E-state index in [-0.39, 0.29) is 31.1 Å². The number of rotatable bonds is 61. The van der Waals surface area contributed by atoms with Gasteiger partial charge in [-0.1, -0.05) is 286 Å². The monoisotopic (exact) mass is 1070 g/mol. The number of ether oxygens (including phenoxy) is 3. The van der Waals surface area contributed by atoms with Gasteiger partial charge in [0.2, 0.25) is 0 Å². The molecule has 0 saturated carbocycles. The van der Waals surface area contributed by atoms with Crippen molar-refractivity contribution >= 4 is 17.9 Å². The lowest BCUT2D eigenvalue weighted by Gasteiger charge is -2.18. The fourth-order valence-electron chi connectivity index (χ4n) is 9.66. The second-order valence-electron chi connectivity index (χ2n) is 22.3. The van der Waals surface area contributed by atoms with Crippen LogP contribution >= 0.6 is 0 Å². The molecule has 0 bridgehead atoms. The van der Waals surface area contributed by atoms with Gasteiger partial charge in [0, 0.05) is 19.3 Å². The Labute approximate surface area is 478 Å². The van der Waals surface area contributed by atoms with E-state index in [4.69, 9.17) is 14.2 Å². The molecule has 0 radical (unpaired) electrons. The van der Waals surface area contributed by atoms with Crippen LogP contribution in [-0.4, -0.2) is 37.2 Å². The van der Waals surface area contributed by atoms with Gasteiger partial charge in [-0.05, 0) is 109 Å². The molecule has 0 aromatic carbocycles. The molecule has 446 valence electrons. The first-order valence-corrected chi connectivity index (χ1v) is 33.4. The van der Waals surface area contributed by atoms with Crippen molar-refractivity contribution in [3.63, 3.8) is 0 Å². The van der Waals surface area contributed by atoms with Gasteiger partial charge in [-0.3, -0.25) is 14.4 Å². The van der Waals surface area contributed by atoms with Gasteiger partial charge in [0.1, 0.15) is 13.2 Å². The fourth-order valence-corrected chi connectivity index (χ4v) is 9.66. The zero-order valence-electron chi connectivity index (χ0n) is 51.2. The number of carbonyl (C=O) groups is 3. The van der Waals surface area contributed by atoms with Crippen LogP contribution < -0.4 is 0 Å². The minimum atomic E-state index is -0.786. The van der Waals surface area contributed by atoms with Gasteiger partial charge in [-0.25, -0.2) is 0 Å². The maximum absolute atomic E-state index is 12.9. The predicted octanol–water partition coefficient (Wildman–Crippen LogP) is 22.9. The van der Waals surface area contributed by atoms with Gasteiger partial charge in [0.15, 0.2) is 6.10 Å². The highest BCUT2D eigenvalue weighted by atomic mass is 16.6. The highest BCUT2D eigenvalue weighted by Crippen LogP contribution is 2.17. The van der Waals surface area contributed by atoms with Gasteiger partial charge in [-0.15, -0.1) is 0 Å². The first-order valence-electron chi connectivity index (χ1n) is 33.4. The van der Waals surface area contributed by atoms with E-state index in [1.165, 1.54) is 199 Å². The Bertz CT molecular complexity index is 1420. The molecule has 0 aromatic heterocycles. The van der Waals surface area contributed by atoms with Crippen molar-refractivity contribution < 1.29 is 28.6 Å².